The number of nitrogens with zero attached hydrogens (tertiary/aromatic N) is 2. The number of carbonyl (C=O) groups excluding carboxylic acids is 2. The van der Waals surface area contributed by atoms with Crippen molar-refractivity contribution in [2.24, 2.45) is 11.8 Å². The third-order valence-electron chi connectivity index (χ3n) is 11.0. The van der Waals surface area contributed by atoms with Crippen LogP contribution in [0, 0.1) is 11.8 Å². The molecule has 0 bridgehead atoms. The van der Waals surface area contributed by atoms with Crippen molar-refractivity contribution in [3.8, 4) is 0 Å². The summed E-state index contributed by atoms with van der Waals surface area (Å²) in [5.74, 6) is -2.94. The smallest absolute Gasteiger partial charge is 0.326 e. The highest BCUT2D eigenvalue weighted by Gasteiger charge is 2.40. The maximum atomic E-state index is 14.4. The fourth-order valence-corrected chi connectivity index (χ4v) is 11.5. The summed E-state index contributed by atoms with van der Waals surface area (Å²) in [4.78, 5) is 56.4. The van der Waals surface area contributed by atoms with E-state index in [4.69, 9.17) is 0 Å². The van der Waals surface area contributed by atoms with Gasteiger partial charge in [0.2, 0.25) is 11.8 Å². The van der Waals surface area contributed by atoms with Gasteiger partial charge in [-0.05, 0) is 86.5 Å². The van der Waals surface area contributed by atoms with E-state index in [1.165, 1.54) is 0 Å². The van der Waals surface area contributed by atoms with Crippen LogP contribution in [-0.2, 0) is 44.9 Å². The lowest BCUT2D eigenvalue weighted by molar-refractivity contribution is -0.150. The molecule has 8 nitrogen and oxygen atoms in total. The summed E-state index contributed by atoms with van der Waals surface area (Å²) < 4.78 is 0. The normalized spacial score (nSPS) is 18.9. The molecule has 56 heavy (non-hydrogen) atoms. The van der Waals surface area contributed by atoms with Gasteiger partial charge in [0.25, 0.3) is 0 Å². The molecule has 2 N–H and O–H groups in total. The topological polar surface area (TPSA) is 115 Å². The minimum atomic E-state index is -0.952. The molecule has 4 unspecified atom stereocenters. The quantitative estimate of drug-likeness (QED) is 0.0914. The Hall–Kier alpha value is -4.54. The number of carboxylic acids is 2. The van der Waals surface area contributed by atoms with Crippen LogP contribution in [0.3, 0.4) is 0 Å². The molecule has 2 aliphatic rings. The molecule has 2 fully saturated rings. The highest BCUT2D eigenvalue weighted by molar-refractivity contribution is 8.77. The zero-order valence-corrected chi connectivity index (χ0v) is 33.4. The lowest BCUT2D eigenvalue weighted by Crippen LogP contribution is -2.44. The minimum absolute atomic E-state index is 0.00228. The van der Waals surface area contributed by atoms with E-state index >= 15 is 0 Å². The molecule has 6 atom stereocenters. The first-order valence-electron chi connectivity index (χ1n) is 19.8. The minimum Gasteiger partial charge on any atom is -0.480 e. The predicted molar refractivity (Wildman–Crippen MR) is 224 cm³/mol. The van der Waals surface area contributed by atoms with Crippen LogP contribution in [0.15, 0.2) is 121 Å². The molecule has 2 amide bonds. The summed E-state index contributed by atoms with van der Waals surface area (Å²) in [6.07, 6.45) is 5.86. The van der Waals surface area contributed by atoms with Crippen LogP contribution < -0.4 is 0 Å². The molecule has 0 saturated carbocycles. The van der Waals surface area contributed by atoms with Crippen molar-refractivity contribution in [1.29, 1.82) is 0 Å². The van der Waals surface area contributed by atoms with E-state index in [9.17, 15) is 29.4 Å². The van der Waals surface area contributed by atoms with E-state index in [0.29, 0.717) is 64.5 Å². The van der Waals surface area contributed by atoms with Gasteiger partial charge in [-0.3, -0.25) is 9.59 Å². The van der Waals surface area contributed by atoms with Crippen molar-refractivity contribution in [2.75, 3.05) is 13.1 Å². The molecule has 0 spiro atoms. The van der Waals surface area contributed by atoms with Crippen molar-refractivity contribution in [3.63, 3.8) is 0 Å². The van der Waals surface area contributed by atoms with Crippen LogP contribution in [0.1, 0.15) is 60.8 Å². The van der Waals surface area contributed by atoms with Gasteiger partial charge >= 0.3 is 11.9 Å². The number of carbonyl (C=O) groups is 4. The lowest BCUT2D eigenvalue weighted by Gasteiger charge is -2.31. The molecule has 0 aromatic heterocycles. The summed E-state index contributed by atoms with van der Waals surface area (Å²) in [7, 11) is 3.52. The van der Waals surface area contributed by atoms with E-state index in [1.807, 2.05) is 97.1 Å². The first-order valence-corrected chi connectivity index (χ1v) is 22.1. The van der Waals surface area contributed by atoms with Gasteiger partial charge in [-0.2, -0.15) is 0 Å². The zero-order valence-electron chi connectivity index (χ0n) is 31.7. The van der Waals surface area contributed by atoms with Crippen LogP contribution in [0.5, 0.6) is 0 Å². The van der Waals surface area contributed by atoms with Gasteiger partial charge in [-0.15, -0.1) is 0 Å². The zero-order chi connectivity index (χ0) is 39.3. The number of aliphatic carboxylic acids is 2. The predicted octanol–water partition coefficient (Wildman–Crippen LogP) is 8.24. The summed E-state index contributed by atoms with van der Waals surface area (Å²) in [5.41, 5.74) is 4.40. The van der Waals surface area contributed by atoms with E-state index in [2.05, 4.69) is 24.3 Å². The number of benzene rings is 4. The van der Waals surface area contributed by atoms with Gasteiger partial charge in [0.1, 0.15) is 12.1 Å². The van der Waals surface area contributed by atoms with Gasteiger partial charge in [0.05, 0.1) is 0 Å². The SMILES string of the molecule is O=C(O)[C@@H]1CCCN1C(=O)C(Cc1ccccc1)CC(Cc1ccccc1)SSC(Cc1ccccc1)CC(Cc1ccccc1)C(=O)N1CCC[C@H]1C(=O)O. The van der Waals surface area contributed by atoms with Crippen molar-refractivity contribution < 1.29 is 29.4 Å². The standard InChI is InChI=1S/C46H52N2O6S2/c49-43(47-25-13-23-41(47)45(51)52)37(27-33-15-5-1-6-16-33)31-39(29-35-19-9-3-10-20-35)55-56-40(30-36-21-11-4-12-22-36)32-38(28-34-17-7-2-8-18-34)44(50)48-26-14-24-42(48)46(53)54/h1-12,15-22,37-42H,13-14,23-32H2,(H,51,52)(H,53,54)/t37?,38?,39?,40?,41-,42-/m0/s1. The first-order chi connectivity index (χ1) is 27.2. The molecule has 2 heterocycles. The van der Waals surface area contributed by atoms with Crippen LogP contribution in [-0.4, -0.2) is 79.4 Å². The molecule has 6 rings (SSSR count). The van der Waals surface area contributed by atoms with Crippen LogP contribution >= 0.6 is 21.6 Å². The maximum Gasteiger partial charge on any atom is 0.326 e. The largest absolute Gasteiger partial charge is 0.480 e. The second-order valence-corrected chi connectivity index (χ2v) is 18.0. The molecule has 4 aromatic carbocycles. The number of hydrogen-bond acceptors (Lipinski definition) is 6. The van der Waals surface area contributed by atoms with Gasteiger partial charge in [0, 0.05) is 35.4 Å². The second kappa shape index (κ2) is 20.6. The van der Waals surface area contributed by atoms with Gasteiger partial charge < -0.3 is 20.0 Å². The maximum absolute atomic E-state index is 14.4. The van der Waals surface area contributed by atoms with E-state index in [0.717, 1.165) is 35.1 Å². The summed E-state index contributed by atoms with van der Waals surface area (Å²) in [5, 5.41) is 20.0. The summed E-state index contributed by atoms with van der Waals surface area (Å²) >= 11 is 0. The Morgan fingerprint density at radius 2 is 0.804 bits per heavy atom. The third-order valence-corrected chi connectivity index (χ3v) is 14.4. The summed E-state index contributed by atoms with van der Waals surface area (Å²) in [6.45, 7) is 0.893. The molecule has 294 valence electrons. The monoisotopic (exact) mass is 792 g/mol. The molecule has 2 saturated heterocycles. The van der Waals surface area contributed by atoms with Crippen molar-refractivity contribution in [2.45, 2.75) is 86.8 Å². The Balaban J connectivity index is 1.29. The molecular formula is C46H52N2O6S2. The Morgan fingerprint density at radius 3 is 1.11 bits per heavy atom. The Kier molecular flexibility index (Phi) is 15.1. The highest BCUT2D eigenvalue weighted by atomic mass is 33.1. The second-order valence-electron chi connectivity index (χ2n) is 15.1. The Morgan fingerprint density at radius 1 is 0.500 bits per heavy atom. The van der Waals surface area contributed by atoms with E-state index in [-0.39, 0.29) is 22.3 Å². The number of hydrogen-bond donors (Lipinski definition) is 2. The Labute approximate surface area is 338 Å². The van der Waals surface area contributed by atoms with Crippen LogP contribution in [0.2, 0.25) is 0 Å². The number of likely N-dealkylation sites (tertiary alicyclic amines) is 2. The Bertz CT molecular complexity index is 1730. The fourth-order valence-electron chi connectivity index (χ4n) is 8.24. The molecule has 10 heteroatoms. The van der Waals surface area contributed by atoms with Crippen molar-refractivity contribution in [1.82, 2.24) is 9.80 Å². The van der Waals surface area contributed by atoms with E-state index < -0.39 is 35.9 Å². The third kappa shape index (κ3) is 11.5. The van der Waals surface area contributed by atoms with Gasteiger partial charge in [-0.1, -0.05) is 143 Å². The highest BCUT2D eigenvalue weighted by Crippen LogP contribution is 2.41. The van der Waals surface area contributed by atoms with Gasteiger partial charge in [-0.25, -0.2) is 9.59 Å². The van der Waals surface area contributed by atoms with Crippen molar-refractivity contribution in [3.05, 3.63) is 144 Å². The van der Waals surface area contributed by atoms with Crippen LogP contribution in [0.4, 0.5) is 0 Å². The number of amides is 2. The van der Waals surface area contributed by atoms with E-state index in [1.54, 1.807) is 31.4 Å². The number of carboxylic acid groups (broad SMARTS) is 2. The van der Waals surface area contributed by atoms with Gasteiger partial charge in [0.15, 0.2) is 0 Å². The molecular weight excluding hydrogens is 741 g/mol. The lowest BCUT2D eigenvalue weighted by atomic mass is 9.91. The van der Waals surface area contributed by atoms with Crippen molar-refractivity contribution >= 4 is 45.3 Å². The average Bonchev–Trinajstić information content (AvgIpc) is 3.92. The fraction of sp³-hybridized carbons (Fsp3) is 0.391. The average molecular weight is 793 g/mol. The molecule has 2 aliphatic heterocycles. The first kappa shape index (κ1) is 41.1. The van der Waals surface area contributed by atoms with Crippen LogP contribution in [0.25, 0.3) is 0 Å². The summed E-state index contributed by atoms with van der Waals surface area (Å²) in [6, 6.07) is 38.9. The molecule has 0 aliphatic carbocycles. The number of rotatable bonds is 19. The molecule has 4 aromatic rings. The molecule has 0 radical (unpaired) electrons.